The van der Waals surface area contributed by atoms with E-state index in [1.807, 2.05) is 31.2 Å². The minimum absolute atomic E-state index is 0.0859. The molecule has 0 aliphatic heterocycles. The molecule has 4 heteroatoms. The van der Waals surface area contributed by atoms with Crippen LogP contribution >= 0.6 is 15.9 Å². The molecule has 1 rings (SSSR count). The number of rotatable bonds is 4. The predicted molar refractivity (Wildman–Crippen MR) is 69.4 cm³/mol. The highest BCUT2D eigenvalue weighted by Crippen LogP contribution is 2.20. The fraction of sp³-hybridized carbons (Fsp3) is 0.250. The number of nitrogens with two attached hydrogens (primary N) is 1. The van der Waals surface area contributed by atoms with Crippen LogP contribution in [-0.4, -0.2) is 19.0 Å². The van der Waals surface area contributed by atoms with Crippen molar-refractivity contribution in [2.75, 3.05) is 13.1 Å². The van der Waals surface area contributed by atoms with E-state index < -0.39 is 0 Å². The molecule has 86 valence electrons. The van der Waals surface area contributed by atoms with E-state index in [2.05, 4.69) is 21.2 Å². The molecule has 0 atom stereocenters. The predicted octanol–water partition coefficient (Wildman–Crippen LogP) is 2.00. The normalized spacial score (nSPS) is 10.7. The Morgan fingerprint density at radius 1 is 1.50 bits per heavy atom. The van der Waals surface area contributed by atoms with Gasteiger partial charge in [0.05, 0.1) is 5.56 Å². The maximum atomic E-state index is 11.8. The lowest BCUT2D eigenvalue weighted by Gasteiger charge is -2.06. The largest absolute Gasteiger partial charge is 0.349 e. The van der Waals surface area contributed by atoms with Crippen molar-refractivity contribution >= 4 is 21.8 Å². The van der Waals surface area contributed by atoms with Gasteiger partial charge in [0.2, 0.25) is 0 Å². The van der Waals surface area contributed by atoms with Crippen LogP contribution in [0.25, 0.3) is 0 Å². The van der Waals surface area contributed by atoms with Crippen molar-refractivity contribution in [3.8, 4) is 0 Å². The Bertz CT molecular complexity index is 402. The second kappa shape index (κ2) is 6.45. The molecule has 0 radical (unpaired) electrons. The molecule has 0 aromatic heterocycles. The minimum atomic E-state index is -0.0859. The number of amides is 1. The second-order valence-electron chi connectivity index (χ2n) is 3.35. The summed E-state index contributed by atoms with van der Waals surface area (Å²) in [6.45, 7) is 2.94. The van der Waals surface area contributed by atoms with Gasteiger partial charge in [-0.15, -0.1) is 0 Å². The van der Waals surface area contributed by atoms with E-state index in [9.17, 15) is 4.79 Å². The summed E-state index contributed by atoms with van der Waals surface area (Å²) in [4.78, 5) is 11.8. The highest BCUT2D eigenvalue weighted by Gasteiger charge is 2.09. The number of carbonyl (C=O) groups excluding carboxylic acids is 1. The molecule has 1 aromatic carbocycles. The van der Waals surface area contributed by atoms with Gasteiger partial charge in [0.25, 0.3) is 5.91 Å². The lowest BCUT2D eigenvalue weighted by molar-refractivity contribution is 0.0957. The number of hydrogen-bond acceptors (Lipinski definition) is 2. The summed E-state index contributed by atoms with van der Waals surface area (Å²) in [5.74, 6) is -0.0859. The highest BCUT2D eigenvalue weighted by molar-refractivity contribution is 9.10. The molecule has 0 bridgehead atoms. The van der Waals surface area contributed by atoms with Gasteiger partial charge in [0.15, 0.2) is 0 Å². The summed E-state index contributed by atoms with van der Waals surface area (Å²) in [6.07, 6.45) is 3.65. The van der Waals surface area contributed by atoms with Crippen LogP contribution in [-0.2, 0) is 0 Å². The third kappa shape index (κ3) is 3.47. The molecular formula is C12H15BrN2O. The number of nitrogens with one attached hydrogen (secondary N) is 1. The number of halogens is 1. The first kappa shape index (κ1) is 12.9. The Hall–Kier alpha value is -1.13. The topological polar surface area (TPSA) is 55.1 Å². The molecule has 0 unspecified atom stereocenters. The maximum Gasteiger partial charge on any atom is 0.252 e. The van der Waals surface area contributed by atoms with Crippen molar-refractivity contribution in [2.45, 2.75) is 6.92 Å². The zero-order valence-corrected chi connectivity index (χ0v) is 10.8. The molecule has 0 aliphatic carbocycles. The van der Waals surface area contributed by atoms with Gasteiger partial charge in [0.1, 0.15) is 0 Å². The first-order valence-electron chi connectivity index (χ1n) is 5.05. The van der Waals surface area contributed by atoms with E-state index >= 15 is 0 Å². The summed E-state index contributed by atoms with van der Waals surface area (Å²) in [7, 11) is 0. The monoisotopic (exact) mass is 282 g/mol. The SMILES string of the molecule is Cc1cccc(C(=O)NC/C=C/CN)c1Br. The van der Waals surface area contributed by atoms with Crippen LogP contribution in [0.15, 0.2) is 34.8 Å². The van der Waals surface area contributed by atoms with Gasteiger partial charge < -0.3 is 11.1 Å². The first-order chi connectivity index (χ1) is 7.66. The van der Waals surface area contributed by atoms with Gasteiger partial charge >= 0.3 is 0 Å². The Morgan fingerprint density at radius 2 is 2.25 bits per heavy atom. The van der Waals surface area contributed by atoms with E-state index in [0.717, 1.165) is 10.0 Å². The van der Waals surface area contributed by atoms with Crippen LogP contribution in [0.3, 0.4) is 0 Å². The zero-order valence-electron chi connectivity index (χ0n) is 9.16. The Labute approximate surface area is 104 Å². The van der Waals surface area contributed by atoms with Crippen LogP contribution in [0.5, 0.6) is 0 Å². The summed E-state index contributed by atoms with van der Waals surface area (Å²) < 4.78 is 0.843. The number of aryl methyl sites for hydroxylation is 1. The summed E-state index contributed by atoms with van der Waals surface area (Å²) >= 11 is 3.40. The molecule has 0 aliphatic rings. The summed E-state index contributed by atoms with van der Waals surface area (Å²) in [5, 5.41) is 2.79. The van der Waals surface area contributed by atoms with Crippen molar-refractivity contribution in [3.05, 3.63) is 46.0 Å². The lowest BCUT2D eigenvalue weighted by atomic mass is 10.1. The molecule has 0 fully saturated rings. The number of hydrogen-bond donors (Lipinski definition) is 2. The van der Waals surface area contributed by atoms with E-state index in [-0.39, 0.29) is 5.91 Å². The van der Waals surface area contributed by atoms with Crippen molar-refractivity contribution in [1.82, 2.24) is 5.32 Å². The van der Waals surface area contributed by atoms with E-state index in [1.165, 1.54) is 0 Å². The molecule has 0 heterocycles. The van der Waals surface area contributed by atoms with E-state index in [0.29, 0.717) is 18.7 Å². The maximum absolute atomic E-state index is 11.8. The minimum Gasteiger partial charge on any atom is -0.349 e. The third-order valence-corrected chi connectivity index (χ3v) is 3.17. The van der Waals surface area contributed by atoms with Crippen LogP contribution in [0.2, 0.25) is 0 Å². The molecule has 3 N–H and O–H groups in total. The molecule has 0 saturated heterocycles. The van der Waals surface area contributed by atoms with Gasteiger partial charge in [-0.05, 0) is 34.5 Å². The average molecular weight is 283 g/mol. The highest BCUT2D eigenvalue weighted by atomic mass is 79.9. The van der Waals surface area contributed by atoms with Gasteiger partial charge in [0, 0.05) is 17.6 Å². The fourth-order valence-corrected chi connectivity index (χ4v) is 1.69. The summed E-state index contributed by atoms with van der Waals surface area (Å²) in [6, 6.07) is 5.61. The van der Waals surface area contributed by atoms with Crippen LogP contribution in [0.4, 0.5) is 0 Å². The van der Waals surface area contributed by atoms with Gasteiger partial charge in [-0.3, -0.25) is 4.79 Å². The average Bonchev–Trinajstić information content (AvgIpc) is 2.28. The van der Waals surface area contributed by atoms with Crippen molar-refractivity contribution in [2.24, 2.45) is 5.73 Å². The molecule has 1 amide bonds. The summed E-state index contributed by atoms with van der Waals surface area (Å²) in [5.41, 5.74) is 6.99. The van der Waals surface area contributed by atoms with E-state index in [1.54, 1.807) is 6.07 Å². The smallest absolute Gasteiger partial charge is 0.252 e. The third-order valence-electron chi connectivity index (χ3n) is 2.12. The van der Waals surface area contributed by atoms with Crippen molar-refractivity contribution in [3.63, 3.8) is 0 Å². The van der Waals surface area contributed by atoms with Crippen LogP contribution in [0, 0.1) is 6.92 Å². The molecular weight excluding hydrogens is 268 g/mol. The molecule has 3 nitrogen and oxygen atoms in total. The molecule has 16 heavy (non-hydrogen) atoms. The Kier molecular flexibility index (Phi) is 5.22. The van der Waals surface area contributed by atoms with Gasteiger partial charge in [-0.25, -0.2) is 0 Å². The second-order valence-corrected chi connectivity index (χ2v) is 4.15. The number of benzene rings is 1. The standard InChI is InChI=1S/C12H15BrN2O/c1-9-5-4-6-10(11(9)13)12(16)15-8-3-2-7-14/h2-6H,7-8,14H2,1H3,(H,15,16)/b3-2+. The van der Waals surface area contributed by atoms with Crippen LogP contribution < -0.4 is 11.1 Å². The fourth-order valence-electron chi connectivity index (χ4n) is 1.25. The van der Waals surface area contributed by atoms with Gasteiger partial charge in [-0.1, -0.05) is 24.3 Å². The molecule has 0 spiro atoms. The first-order valence-corrected chi connectivity index (χ1v) is 5.84. The quantitative estimate of drug-likeness (QED) is 0.830. The van der Waals surface area contributed by atoms with Gasteiger partial charge in [-0.2, -0.15) is 0 Å². The lowest BCUT2D eigenvalue weighted by Crippen LogP contribution is -2.24. The Balaban J connectivity index is 2.66. The number of carbonyl (C=O) groups is 1. The zero-order chi connectivity index (χ0) is 12.0. The Morgan fingerprint density at radius 3 is 2.94 bits per heavy atom. The van der Waals surface area contributed by atoms with Crippen molar-refractivity contribution in [1.29, 1.82) is 0 Å². The van der Waals surface area contributed by atoms with Crippen molar-refractivity contribution < 1.29 is 4.79 Å². The van der Waals surface area contributed by atoms with Crippen LogP contribution in [0.1, 0.15) is 15.9 Å². The van der Waals surface area contributed by atoms with E-state index in [4.69, 9.17) is 5.73 Å². The molecule has 1 aromatic rings. The molecule has 0 saturated carbocycles.